The smallest absolute Gasteiger partial charge is 0.0705 e. The van der Waals surface area contributed by atoms with Crippen LogP contribution in [0.4, 0.5) is 0 Å². The Kier molecular flexibility index (Phi) is 55.3. The van der Waals surface area contributed by atoms with Gasteiger partial charge in [0, 0.05) is 134 Å². The quantitative estimate of drug-likeness (QED) is 0.146. The van der Waals surface area contributed by atoms with Gasteiger partial charge in [0.05, 0.1) is 22.1 Å². The molecule has 0 saturated carbocycles. The lowest BCUT2D eigenvalue weighted by atomic mass is 10.1. The molecule has 18 rings (SSSR count). The molecule has 117 heavy (non-hydrogen) atoms. The van der Waals surface area contributed by atoms with Crippen LogP contribution >= 0.6 is 0 Å². The van der Waals surface area contributed by atoms with Gasteiger partial charge in [0.25, 0.3) is 0 Å². The van der Waals surface area contributed by atoms with Crippen molar-refractivity contribution in [2.75, 3.05) is 0 Å². The highest BCUT2D eigenvalue weighted by Gasteiger charge is 1.99. The SMILES string of the molecule is CC.CC.CC.CC.CC.CC.CC.CC.CC.Cc1cc2ccccc2cn1.Cc1ccc2ccccc2n1.Cc1ccc2cccnc2c1.Cc1ccc2ccncc2c1.Cc1ccc2cnccc2c1.Cc1ccc2ncccc2c1.Cc1cnc2ccccc2c1.Cc1cncc2ccccc12.Cc1nccc2ccccc12. The maximum Gasteiger partial charge on any atom is 0.0705 e. The van der Waals surface area contributed by atoms with Crippen LogP contribution in [-0.4, -0.2) is 44.9 Å². The van der Waals surface area contributed by atoms with E-state index in [9.17, 15) is 0 Å². The first-order chi connectivity index (χ1) is 57.3. The van der Waals surface area contributed by atoms with Crippen molar-refractivity contribution in [3.05, 3.63) is 379 Å². The monoisotopic (exact) mass is 1560 g/mol. The highest BCUT2D eigenvalue weighted by atomic mass is 14.7. The predicted molar refractivity (Wildman–Crippen MR) is 520 cm³/mol. The number of aryl methyl sites for hydroxylation is 9. The van der Waals surface area contributed by atoms with E-state index in [0.29, 0.717) is 0 Å². The highest BCUT2D eigenvalue weighted by Crippen LogP contribution is 2.20. The molecule has 0 fully saturated rings. The molecule has 18 aromatic rings. The first-order valence-corrected chi connectivity index (χ1v) is 42.1. The van der Waals surface area contributed by atoms with Crippen molar-refractivity contribution < 1.29 is 0 Å². The van der Waals surface area contributed by atoms with Crippen LogP contribution in [0, 0.1) is 62.3 Å². The van der Waals surface area contributed by atoms with Crippen LogP contribution in [0.5, 0.6) is 0 Å². The van der Waals surface area contributed by atoms with Crippen LogP contribution in [0.3, 0.4) is 0 Å². The summed E-state index contributed by atoms with van der Waals surface area (Å²) in [5.41, 5.74) is 15.1. The number of pyridine rings is 9. The van der Waals surface area contributed by atoms with E-state index in [0.717, 1.165) is 39.1 Å². The summed E-state index contributed by atoms with van der Waals surface area (Å²) in [6, 6.07) is 88.9. The van der Waals surface area contributed by atoms with Gasteiger partial charge in [0.2, 0.25) is 0 Å². The minimum absolute atomic E-state index is 1.07. The normalized spacial score (nSPS) is 9.15. The third-order valence-electron chi connectivity index (χ3n) is 16.1. The Bertz CT molecular complexity index is 4750. The first-order valence-electron chi connectivity index (χ1n) is 42.1. The third-order valence-corrected chi connectivity index (χ3v) is 16.1. The molecule has 0 unspecified atom stereocenters. The summed E-state index contributed by atoms with van der Waals surface area (Å²) in [6.07, 6.45) is 20.5. The Hall–Kier alpha value is -12.3. The van der Waals surface area contributed by atoms with Gasteiger partial charge in [0.1, 0.15) is 0 Å². The van der Waals surface area contributed by atoms with Crippen LogP contribution in [0.15, 0.2) is 329 Å². The fourth-order valence-corrected chi connectivity index (χ4v) is 10.9. The van der Waals surface area contributed by atoms with Crippen molar-refractivity contribution in [1.29, 1.82) is 0 Å². The number of aromatic nitrogens is 9. The number of para-hydroxylation sites is 2. The molecule has 0 saturated heterocycles. The number of fused-ring (bicyclic) bond motifs is 9. The summed E-state index contributed by atoms with van der Waals surface area (Å²) < 4.78 is 0. The second-order valence-electron chi connectivity index (χ2n) is 24.2. The average molecular weight is 1560 g/mol. The van der Waals surface area contributed by atoms with Crippen molar-refractivity contribution in [3.63, 3.8) is 0 Å². The summed E-state index contributed by atoms with van der Waals surface area (Å²) in [4.78, 5) is 37.7. The fraction of sp³-hybridized carbons (Fsp3) is 0.250. The zero-order valence-electron chi connectivity index (χ0n) is 75.7. The zero-order chi connectivity index (χ0) is 87.1. The molecule has 9 aromatic heterocycles. The molecule has 9 nitrogen and oxygen atoms in total. The molecule has 0 N–H and O–H groups in total. The number of nitrogens with zero attached hydrogens (tertiary/aromatic N) is 9. The molecule has 0 atom stereocenters. The molecule has 9 heteroatoms. The maximum atomic E-state index is 4.38. The summed E-state index contributed by atoms with van der Waals surface area (Å²) in [7, 11) is 0. The van der Waals surface area contributed by atoms with Gasteiger partial charge in [-0.2, -0.15) is 0 Å². The number of hydrogen-bond donors (Lipinski definition) is 0. The van der Waals surface area contributed by atoms with Crippen molar-refractivity contribution in [1.82, 2.24) is 44.9 Å². The topological polar surface area (TPSA) is 116 Å². The molecule has 0 aliphatic rings. The minimum Gasteiger partial charge on any atom is -0.264 e. The van der Waals surface area contributed by atoms with E-state index < -0.39 is 0 Å². The van der Waals surface area contributed by atoms with Gasteiger partial charge < -0.3 is 0 Å². The van der Waals surface area contributed by atoms with Gasteiger partial charge in [-0.25, -0.2) is 0 Å². The predicted octanol–water partition coefficient (Wildman–Crippen LogP) is 32.1. The van der Waals surface area contributed by atoms with E-state index in [4.69, 9.17) is 0 Å². The van der Waals surface area contributed by atoms with Gasteiger partial charge in [-0.3, -0.25) is 44.9 Å². The molecule has 612 valence electrons. The maximum absolute atomic E-state index is 4.38. The van der Waals surface area contributed by atoms with Gasteiger partial charge in [-0.1, -0.05) is 317 Å². The van der Waals surface area contributed by atoms with E-state index in [1.807, 2.05) is 323 Å². The van der Waals surface area contributed by atoms with E-state index in [-0.39, 0.29) is 0 Å². The van der Waals surface area contributed by atoms with Crippen LogP contribution in [0.25, 0.3) is 97.5 Å². The summed E-state index contributed by atoms with van der Waals surface area (Å²) in [6.45, 7) is 54.5. The Labute approximate surface area is 704 Å². The number of rotatable bonds is 0. The molecular formula is C108H135N9. The fourth-order valence-electron chi connectivity index (χ4n) is 10.9. The lowest BCUT2D eigenvalue weighted by Crippen LogP contribution is -1.80. The summed E-state index contributed by atoms with van der Waals surface area (Å²) in [5.74, 6) is 0. The van der Waals surface area contributed by atoms with E-state index in [1.54, 1.807) is 0 Å². The molecular weight excluding hydrogens is 1420 g/mol. The molecule has 0 aliphatic heterocycles. The van der Waals surface area contributed by atoms with E-state index in [1.165, 1.54) is 109 Å². The van der Waals surface area contributed by atoms with Gasteiger partial charge in [0.15, 0.2) is 0 Å². The zero-order valence-corrected chi connectivity index (χ0v) is 75.7. The molecule has 0 amide bonds. The van der Waals surface area contributed by atoms with Crippen LogP contribution in [-0.2, 0) is 0 Å². The Morgan fingerprint density at radius 2 is 0.573 bits per heavy atom. The molecule has 0 radical (unpaired) electrons. The van der Waals surface area contributed by atoms with Crippen LogP contribution < -0.4 is 0 Å². The molecule has 9 heterocycles. The van der Waals surface area contributed by atoms with E-state index in [2.05, 4.69) is 238 Å². The van der Waals surface area contributed by atoms with Gasteiger partial charge in [-0.15, -0.1) is 0 Å². The Morgan fingerprint density at radius 1 is 0.179 bits per heavy atom. The molecule has 0 spiro atoms. The first kappa shape index (κ1) is 103. The average Bonchev–Trinajstić information content (AvgIpc) is 0.838. The second-order valence-corrected chi connectivity index (χ2v) is 24.2. The Morgan fingerprint density at radius 3 is 1.19 bits per heavy atom. The number of benzene rings is 9. The molecule has 9 aromatic carbocycles. The van der Waals surface area contributed by atoms with Crippen molar-refractivity contribution in [2.24, 2.45) is 0 Å². The van der Waals surface area contributed by atoms with Crippen LogP contribution in [0.1, 0.15) is 175 Å². The van der Waals surface area contributed by atoms with Crippen LogP contribution in [0.2, 0.25) is 0 Å². The number of hydrogen-bond acceptors (Lipinski definition) is 9. The lowest BCUT2D eigenvalue weighted by Gasteiger charge is -1.98. The molecule has 0 aliphatic carbocycles. The summed E-state index contributed by atoms with van der Waals surface area (Å²) in [5, 5.41) is 17.3. The third kappa shape index (κ3) is 37.2. The standard InChI is InChI=1S/9C10H9N.9C2H6/c1-8-2-3-10-7-11-5-4-9(10)6-8;1-8-2-3-9-4-5-11-7-10(9)6-8;1-8-4-5-10-9(7-8)3-2-6-11-10;1-8-4-5-9-3-2-6-11-10(9)7-8;1-8-6-11-7-9-4-2-3-5-10(8)9;1-8-6-9-4-2-3-5-10(9)7-11-8;1-8-6-9-4-2-3-5-10(9)11-7-8;1-8-10-5-3-2-4-9(10)6-7-11-8;1-8-6-7-9-4-2-3-5-10(9)11-8;9*1-2/h9*2-7H,1H3;9*1-2H3. The largest absolute Gasteiger partial charge is 0.264 e. The molecule has 0 bridgehead atoms. The highest BCUT2D eigenvalue weighted by molar-refractivity contribution is 5.87. The van der Waals surface area contributed by atoms with Gasteiger partial charge >= 0.3 is 0 Å². The Balaban J connectivity index is 0.000000642. The minimum atomic E-state index is 1.07. The van der Waals surface area contributed by atoms with Crippen molar-refractivity contribution in [2.45, 2.75) is 187 Å². The lowest BCUT2D eigenvalue weighted by molar-refractivity contribution is 1.22. The van der Waals surface area contributed by atoms with E-state index >= 15 is 0 Å². The van der Waals surface area contributed by atoms with Gasteiger partial charge in [-0.05, 0) is 191 Å². The second kappa shape index (κ2) is 63.0. The van der Waals surface area contributed by atoms with Crippen molar-refractivity contribution >= 4 is 97.5 Å². The summed E-state index contributed by atoms with van der Waals surface area (Å²) >= 11 is 0. The van der Waals surface area contributed by atoms with Crippen molar-refractivity contribution in [3.8, 4) is 0 Å².